The van der Waals surface area contributed by atoms with Gasteiger partial charge in [-0.15, -0.1) is 0 Å². The predicted octanol–water partition coefficient (Wildman–Crippen LogP) is -0.236. The van der Waals surface area contributed by atoms with E-state index in [1.165, 1.54) is 0 Å². The van der Waals surface area contributed by atoms with Gasteiger partial charge in [-0.1, -0.05) is 13.3 Å². The molecule has 2 unspecified atom stereocenters. The summed E-state index contributed by atoms with van der Waals surface area (Å²) in [4.78, 5) is 0. The molecule has 0 aliphatic rings. The van der Waals surface area contributed by atoms with Crippen molar-refractivity contribution in [3.63, 3.8) is 0 Å². The SMILES string of the molecule is CCCC(O)C(C)(C)NCC(O)CS(=O)(=O)O. The number of β-amino-alcohol motifs (C(OH)–C–C–N with tert-alkyl or cyclic N) is 1. The fourth-order valence-corrected chi connectivity index (χ4v) is 2.04. The Morgan fingerprint density at radius 3 is 2.24 bits per heavy atom. The molecule has 104 valence electrons. The van der Waals surface area contributed by atoms with Crippen LogP contribution in [0.1, 0.15) is 33.6 Å². The van der Waals surface area contributed by atoms with Crippen LogP contribution in [0.15, 0.2) is 0 Å². The average molecular weight is 269 g/mol. The Labute approximate surface area is 103 Å². The Bertz CT molecular complexity index is 315. The van der Waals surface area contributed by atoms with E-state index < -0.39 is 33.6 Å². The molecule has 6 nitrogen and oxygen atoms in total. The van der Waals surface area contributed by atoms with Crippen LogP contribution >= 0.6 is 0 Å². The number of aliphatic hydroxyl groups excluding tert-OH is 2. The molecule has 0 aliphatic carbocycles. The fourth-order valence-electron chi connectivity index (χ4n) is 1.44. The summed E-state index contributed by atoms with van der Waals surface area (Å²) < 4.78 is 29.6. The highest BCUT2D eigenvalue weighted by Crippen LogP contribution is 2.13. The number of hydrogen-bond acceptors (Lipinski definition) is 5. The molecule has 0 saturated carbocycles. The van der Waals surface area contributed by atoms with E-state index >= 15 is 0 Å². The third kappa shape index (κ3) is 7.67. The van der Waals surface area contributed by atoms with Gasteiger partial charge in [0.25, 0.3) is 10.1 Å². The summed E-state index contributed by atoms with van der Waals surface area (Å²) in [6.07, 6.45) is -0.322. The molecule has 0 saturated heterocycles. The lowest BCUT2D eigenvalue weighted by molar-refractivity contribution is 0.0627. The third-order valence-corrected chi connectivity index (χ3v) is 3.40. The van der Waals surface area contributed by atoms with Crippen LogP contribution in [0.2, 0.25) is 0 Å². The molecule has 0 spiro atoms. The summed E-state index contributed by atoms with van der Waals surface area (Å²) in [5, 5.41) is 22.1. The summed E-state index contributed by atoms with van der Waals surface area (Å²) in [5.41, 5.74) is -0.615. The van der Waals surface area contributed by atoms with Crippen molar-refractivity contribution >= 4 is 10.1 Å². The maximum absolute atomic E-state index is 10.5. The summed E-state index contributed by atoms with van der Waals surface area (Å²) in [5.74, 6) is -0.708. The minimum atomic E-state index is -4.17. The van der Waals surface area contributed by atoms with Gasteiger partial charge in [0.2, 0.25) is 0 Å². The molecule has 0 bridgehead atoms. The monoisotopic (exact) mass is 269 g/mol. The molecule has 7 heteroatoms. The van der Waals surface area contributed by atoms with Crippen LogP contribution in [-0.4, -0.2) is 53.2 Å². The Hall–Kier alpha value is -0.210. The van der Waals surface area contributed by atoms with E-state index in [-0.39, 0.29) is 6.54 Å². The van der Waals surface area contributed by atoms with E-state index in [1.54, 1.807) is 13.8 Å². The van der Waals surface area contributed by atoms with Crippen molar-refractivity contribution in [3.05, 3.63) is 0 Å². The highest BCUT2D eigenvalue weighted by Gasteiger charge is 2.27. The summed E-state index contributed by atoms with van der Waals surface area (Å²) in [7, 11) is -4.17. The molecule has 0 fully saturated rings. The second-order valence-electron chi connectivity index (χ2n) is 4.81. The van der Waals surface area contributed by atoms with Crippen LogP contribution in [0.4, 0.5) is 0 Å². The normalized spacial score (nSPS) is 16.8. The zero-order valence-electron chi connectivity index (χ0n) is 10.5. The minimum Gasteiger partial charge on any atom is -0.391 e. The van der Waals surface area contributed by atoms with Gasteiger partial charge < -0.3 is 15.5 Å². The van der Waals surface area contributed by atoms with Crippen LogP contribution in [0.5, 0.6) is 0 Å². The van der Waals surface area contributed by atoms with Crippen molar-refractivity contribution in [3.8, 4) is 0 Å². The Morgan fingerprint density at radius 2 is 1.82 bits per heavy atom. The molecular formula is C10H23NO5S. The van der Waals surface area contributed by atoms with Crippen molar-refractivity contribution in [1.82, 2.24) is 5.32 Å². The van der Waals surface area contributed by atoms with Gasteiger partial charge in [-0.05, 0) is 20.3 Å². The molecule has 0 aromatic rings. The van der Waals surface area contributed by atoms with Crippen LogP contribution in [0, 0.1) is 0 Å². The topological polar surface area (TPSA) is 107 Å². The van der Waals surface area contributed by atoms with Gasteiger partial charge in [-0.2, -0.15) is 8.42 Å². The Kier molecular flexibility index (Phi) is 6.57. The first kappa shape index (κ1) is 16.8. The van der Waals surface area contributed by atoms with E-state index in [9.17, 15) is 18.6 Å². The number of aliphatic hydroxyl groups is 2. The van der Waals surface area contributed by atoms with E-state index in [1.807, 2.05) is 6.92 Å². The maximum atomic E-state index is 10.5. The van der Waals surface area contributed by atoms with Crippen LogP contribution in [-0.2, 0) is 10.1 Å². The molecule has 0 heterocycles. The van der Waals surface area contributed by atoms with Crippen molar-refractivity contribution in [1.29, 1.82) is 0 Å². The van der Waals surface area contributed by atoms with E-state index in [0.29, 0.717) is 6.42 Å². The molecule has 0 aromatic carbocycles. The average Bonchev–Trinajstić information content (AvgIpc) is 2.12. The maximum Gasteiger partial charge on any atom is 0.267 e. The van der Waals surface area contributed by atoms with Gasteiger partial charge >= 0.3 is 0 Å². The summed E-state index contributed by atoms with van der Waals surface area (Å²) >= 11 is 0. The molecule has 2 atom stereocenters. The highest BCUT2D eigenvalue weighted by atomic mass is 32.2. The molecule has 0 aromatic heterocycles. The zero-order valence-corrected chi connectivity index (χ0v) is 11.4. The quantitative estimate of drug-likeness (QED) is 0.453. The van der Waals surface area contributed by atoms with Crippen molar-refractivity contribution in [2.24, 2.45) is 0 Å². The van der Waals surface area contributed by atoms with Gasteiger partial charge in [0.1, 0.15) is 5.75 Å². The molecule has 0 radical (unpaired) electrons. The fraction of sp³-hybridized carbons (Fsp3) is 1.00. The molecule has 0 aliphatic heterocycles. The first-order valence-corrected chi connectivity index (χ1v) is 7.25. The largest absolute Gasteiger partial charge is 0.391 e. The highest BCUT2D eigenvalue weighted by molar-refractivity contribution is 7.85. The van der Waals surface area contributed by atoms with Gasteiger partial charge in [0.15, 0.2) is 0 Å². The first-order chi connectivity index (χ1) is 7.58. The molecule has 0 rings (SSSR count). The van der Waals surface area contributed by atoms with Crippen LogP contribution < -0.4 is 5.32 Å². The molecule has 4 N–H and O–H groups in total. The molecular weight excluding hydrogens is 246 g/mol. The van der Waals surface area contributed by atoms with Crippen molar-refractivity contribution in [2.75, 3.05) is 12.3 Å². The van der Waals surface area contributed by atoms with E-state index in [4.69, 9.17) is 4.55 Å². The van der Waals surface area contributed by atoms with Gasteiger partial charge in [0.05, 0.1) is 12.2 Å². The van der Waals surface area contributed by atoms with Crippen LogP contribution in [0.25, 0.3) is 0 Å². The lowest BCUT2D eigenvalue weighted by Gasteiger charge is -2.32. The van der Waals surface area contributed by atoms with Crippen molar-refractivity contribution < 1.29 is 23.2 Å². The standard InChI is InChI=1S/C10H23NO5S/c1-4-5-9(13)10(2,3)11-6-8(12)7-17(14,15)16/h8-9,11-13H,4-7H2,1-3H3,(H,14,15,16). The summed E-state index contributed by atoms with van der Waals surface area (Å²) in [6, 6.07) is 0. The minimum absolute atomic E-state index is 0.00638. The lowest BCUT2D eigenvalue weighted by atomic mass is 9.93. The van der Waals surface area contributed by atoms with Crippen molar-refractivity contribution in [2.45, 2.75) is 51.4 Å². The Morgan fingerprint density at radius 1 is 1.29 bits per heavy atom. The first-order valence-electron chi connectivity index (χ1n) is 5.65. The Balaban J connectivity index is 4.17. The molecule has 17 heavy (non-hydrogen) atoms. The predicted molar refractivity (Wildman–Crippen MR) is 65.4 cm³/mol. The summed E-state index contributed by atoms with van der Waals surface area (Å²) in [6.45, 7) is 5.49. The van der Waals surface area contributed by atoms with Gasteiger partial charge in [-0.25, -0.2) is 0 Å². The number of hydrogen-bond donors (Lipinski definition) is 4. The third-order valence-electron chi connectivity index (χ3n) is 2.59. The van der Waals surface area contributed by atoms with Gasteiger partial charge in [-0.3, -0.25) is 4.55 Å². The molecule has 0 amide bonds. The number of rotatable bonds is 8. The van der Waals surface area contributed by atoms with Crippen LogP contribution in [0.3, 0.4) is 0 Å². The second kappa shape index (κ2) is 6.65. The lowest BCUT2D eigenvalue weighted by Crippen LogP contribution is -2.52. The number of nitrogens with one attached hydrogen (secondary N) is 1. The van der Waals surface area contributed by atoms with E-state index in [2.05, 4.69) is 5.32 Å². The second-order valence-corrected chi connectivity index (χ2v) is 6.31. The van der Waals surface area contributed by atoms with E-state index in [0.717, 1.165) is 6.42 Å². The van der Waals surface area contributed by atoms with Gasteiger partial charge in [0, 0.05) is 12.1 Å². The smallest absolute Gasteiger partial charge is 0.267 e. The zero-order chi connectivity index (χ0) is 13.7.